The van der Waals surface area contributed by atoms with E-state index < -0.39 is 4.92 Å². The molecule has 20 heavy (non-hydrogen) atoms. The monoisotopic (exact) mass is 276 g/mol. The zero-order chi connectivity index (χ0) is 14.7. The van der Waals surface area contributed by atoms with Gasteiger partial charge in [0.25, 0.3) is 0 Å². The molecule has 0 radical (unpaired) electrons. The molecule has 0 amide bonds. The second-order valence-electron chi connectivity index (χ2n) is 4.48. The van der Waals surface area contributed by atoms with Gasteiger partial charge in [-0.05, 0) is 18.1 Å². The molecule has 7 nitrogen and oxygen atoms in total. The van der Waals surface area contributed by atoms with Crippen LogP contribution in [0.1, 0.15) is 16.8 Å². The number of rotatable bonds is 5. The second kappa shape index (κ2) is 5.70. The van der Waals surface area contributed by atoms with Crippen molar-refractivity contribution in [1.82, 2.24) is 9.78 Å². The van der Waals surface area contributed by atoms with Gasteiger partial charge >= 0.3 is 5.69 Å². The molecule has 1 aromatic carbocycles. The molecule has 1 heterocycles. The zero-order valence-corrected chi connectivity index (χ0v) is 11.4. The molecular weight excluding hydrogens is 260 g/mol. The summed E-state index contributed by atoms with van der Waals surface area (Å²) in [6.07, 6.45) is 0. The van der Waals surface area contributed by atoms with Gasteiger partial charge in [-0.2, -0.15) is 5.10 Å². The summed E-state index contributed by atoms with van der Waals surface area (Å²) in [5, 5.41) is 15.0. The van der Waals surface area contributed by atoms with Crippen LogP contribution < -0.4 is 5.73 Å². The van der Waals surface area contributed by atoms with Gasteiger partial charge in [0.1, 0.15) is 5.69 Å². The Kier molecular flexibility index (Phi) is 3.99. The third-order valence-corrected chi connectivity index (χ3v) is 2.98. The molecule has 0 bridgehead atoms. The van der Waals surface area contributed by atoms with E-state index >= 15 is 0 Å². The molecule has 0 spiro atoms. The van der Waals surface area contributed by atoms with Gasteiger partial charge in [-0.3, -0.25) is 10.1 Å². The van der Waals surface area contributed by atoms with Crippen molar-refractivity contribution in [2.75, 3.05) is 12.8 Å². The number of anilines is 1. The number of nitro groups is 1. The molecule has 2 rings (SSSR count). The van der Waals surface area contributed by atoms with Crippen LogP contribution in [0, 0.1) is 17.0 Å². The third-order valence-electron chi connectivity index (χ3n) is 2.98. The summed E-state index contributed by atoms with van der Waals surface area (Å²) >= 11 is 0. The van der Waals surface area contributed by atoms with Crippen LogP contribution in [0.2, 0.25) is 0 Å². The largest absolute Gasteiger partial charge is 0.380 e. The first-order valence-corrected chi connectivity index (χ1v) is 6.07. The number of nitrogens with two attached hydrogens (primary N) is 1. The van der Waals surface area contributed by atoms with Crippen molar-refractivity contribution in [1.29, 1.82) is 0 Å². The lowest BCUT2D eigenvalue weighted by Crippen LogP contribution is -2.06. The smallest absolute Gasteiger partial charge is 0.333 e. The number of nitrogens with zero attached hydrogens (tertiary/aromatic N) is 3. The van der Waals surface area contributed by atoms with Gasteiger partial charge in [-0.25, -0.2) is 4.68 Å². The Hall–Kier alpha value is -2.41. The predicted octanol–water partition coefficient (Wildman–Crippen LogP) is 1.88. The van der Waals surface area contributed by atoms with Gasteiger partial charge in [0.2, 0.25) is 5.82 Å². The van der Waals surface area contributed by atoms with Crippen LogP contribution in [0.25, 0.3) is 0 Å². The molecule has 0 atom stereocenters. The van der Waals surface area contributed by atoms with Crippen molar-refractivity contribution >= 4 is 11.5 Å². The Bertz CT molecular complexity index is 619. The topological polar surface area (TPSA) is 96.2 Å². The lowest BCUT2D eigenvalue weighted by atomic mass is 10.1. The molecule has 7 heteroatoms. The van der Waals surface area contributed by atoms with Gasteiger partial charge in [0.15, 0.2) is 0 Å². The summed E-state index contributed by atoms with van der Waals surface area (Å²) in [6.45, 7) is 2.52. The molecule has 0 saturated carbocycles. The minimum Gasteiger partial charge on any atom is -0.380 e. The highest BCUT2D eigenvalue weighted by Gasteiger charge is 2.22. The highest BCUT2D eigenvalue weighted by atomic mass is 16.6. The standard InChI is InChI=1S/C13H16N4O3/c1-9-12(17(18)19)13(14)16(15-9)7-10-3-5-11(6-4-10)8-20-2/h3-6H,7-8,14H2,1-2H3. The Morgan fingerprint density at radius 1 is 1.35 bits per heavy atom. The van der Waals surface area contributed by atoms with Crippen molar-refractivity contribution in [2.24, 2.45) is 0 Å². The summed E-state index contributed by atoms with van der Waals surface area (Å²) in [6, 6.07) is 7.74. The van der Waals surface area contributed by atoms with Crippen LogP contribution in [0.15, 0.2) is 24.3 Å². The first-order chi connectivity index (χ1) is 9.52. The fraction of sp³-hybridized carbons (Fsp3) is 0.308. The van der Waals surface area contributed by atoms with Crippen LogP contribution in [-0.2, 0) is 17.9 Å². The molecule has 2 N–H and O–H groups in total. The lowest BCUT2D eigenvalue weighted by molar-refractivity contribution is -0.384. The molecule has 0 aliphatic heterocycles. The maximum Gasteiger partial charge on any atom is 0.333 e. The van der Waals surface area contributed by atoms with E-state index in [1.807, 2.05) is 24.3 Å². The Balaban J connectivity index is 2.22. The quantitative estimate of drug-likeness (QED) is 0.664. The van der Waals surface area contributed by atoms with E-state index in [-0.39, 0.29) is 11.5 Å². The van der Waals surface area contributed by atoms with Crippen molar-refractivity contribution in [2.45, 2.75) is 20.1 Å². The number of hydrogen-bond acceptors (Lipinski definition) is 5. The molecule has 1 aromatic heterocycles. The van der Waals surface area contributed by atoms with Crippen molar-refractivity contribution in [3.05, 3.63) is 51.2 Å². The maximum absolute atomic E-state index is 10.9. The fourth-order valence-corrected chi connectivity index (χ4v) is 2.02. The Morgan fingerprint density at radius 3 is 2.45 bits per heavy atom. The predicted molar refractivity (Wildman–Crippen MR) is 74.3 cm³/mol. The van der Waals surface area contributed by atoms with Gasteiger partial charge in [0.05, 0.1) is 18.1 Å². The van der Waals surface area contributed by atoms with Gasteiger partial charge in [-0.15, -0.1) is 0 Å². The Labute approximate surface area is 116 Å². The summed E-state index contributed by atoms with van der Waals surface area (Å²) in [7, 11) is 1.64. The van der Waals surface area contributed by atoms with Gasteiger partial charge in [0, 0.05) is 7.11 Å². The number of benzene rings is 1. The van der Waals surface area contributed by atoms with Crippen LogP contribution in [-0.4, -0.2) is 21.8 Å². The van der Waals surface area contributed by atoms with Crippen molar-refractivity contribution in [3.63, 3.8) is 0 Å². The van der Waals surface area contributed by atoms with Gasteiger partial charge < -0.3 is 10.5 Å². The maximum atomic E-state index is 10.9. The first kappa shape index (κ1) is 14.0. The summed E-state index contributed by atoms with van der Waals surface area (Å²) < 4.78 is 6.48. The third kappa shape index (κ3) is 2.77. The molecule has 0 saturated heterocycles. The minimum absolute atomic E-state index is 0.0773. The summed E-state index contributed by atoms with van der Waals surface area (Å²) in [5.41, 5.74) is 8.00. The average molecular weight is 276 g/mol. The van der Waals surface area contributed by atoms with E-state index in [0.29, 0.717) is 18.8 Å². The SMILES string of the molecule is COCc1ccc(Cn2nc(C)c([N+](=O)[O-])c2N)cc1. The molecule has 0 fully saturated rings. The number of methoxy groups -OCH3 is 1. The normalized spacial score (nSPS) is 10.7. The van der Waals surface area contributed by atoms with E-state index in [4.69, 9.17) is 10.5 Å². The van der Waals surface area contributed by atoms with Crippen molar-refractivity contribution in [3.8, 4) is 0 Å². The molecular formula is C13H16N4O3. The molecule has 0 unspecified atom stereocenters. The number of aromatic nitrogens is 2. The number of hydrogen-bond donors (Lipinski definition) is 1. The van der Waals surface area contributed by atoms with Gasteiger partial charge in [-0.1, -0.05) is 24.3 Å². The van der Waals surface area contributed by atoms with E-state index in [9.17, 15) is 10.1 Å². The Morgan fingerprint density at radius 2 is 1.95 bits per heavy atom. The van der Waals surface area contributed by atoms with Crippen LogP contribution in [0.3, 0.4) is 0 Å². The zero-order valence-electron chi connectivity index (χ0n) is 11.4. The molecule has 0 aliphatic carbocycles. The summed E-state index contributed by atoms with van der Waals surface area (Å²) in [5.74, 6) is 0.0773. The van der Waals surface area contributed by atoms with Crippen LogP contribution in [0.4, 0.5) is 11.5 Å². The molecule has 0 aliphatic rings. The first-order valence-electron chi connectivity index (χ1n) is 6.07. The van der Waals surface area contributed by atoms with E-state index in [1.165, 1.54) is 4.68 Å². The van der Waals surface area contributed by atoms with Crippen molar-refractivity contribution < 1.29 is 9.66 Å². The van der Waals surface area contributed by atoms with Crippen LogP contribution in [0.5, 0.6) is 0 Å². The van der Waals surface area contributed by atoms with Crippen LogP contribution >= 0.6 is 0 Å². The van der Waals surface area contributed by atoms with E-state index in [2.05, 4.69) is 5.10 Å². The minimum atomic E-state index is -0.504. The highest BCUT2D eigenvalue weighted by molar-refractivity contribution is 5.56. The number of nitrogen functional groups attached to an aromatic ring is 1. The molecule has 2 aromatic rings. The second-order valence-corrected chi connectivity index (χ2v) is 4.48. The number of aryl methyl sites for hydroxylation is 1. The summed E-state index contributed by atoms with van der Waals surface area (Å²) in [4.78, 5) is 10.4. The van der Waals surface area contributed by atoms with E-state index in [0.717, 1.165) is 11.1 Å². The van der Waals surface area contributed by atoms with E-state index in [1.54, 1.807) is 14.0 Å². The lowest BCUT2D eigenvalue weighted by Gasteiger charge is -2.05. The molecule has 106 valence electrons. The fourth-order valence-electron chi connectivity index (χ4n) is 2.02. The highest BCUT2D eigenvalue weighted by Crippen LogP contribution is 2.25. The number of ether oxygens (including phenoxy) is 1. The average Bonchev–Trinajstić information content (AvgIpc) is 2.67.